The van der Waals surface area contributed by atoms with Crippen LogP contribution in [0.1, 0.15) is 40.7 Å². The Hall–Kier alpha value is -2.11. The number of carbonyl (C=O) groups excluding carboxylic acids is 2. The molecule has 0 unspecified atom stereocenters. The topological polar surface area (TPSA) is 62.3 Å². The zero-order valence-corrected chi connectivity index (χ0v) is 15.8. The molecular weight excluding hydrogens is 373 g/mol. The molecular formula is C19H19Cl2N3O2. The fourth-order valence-electron chi connectivity index (χ4n) is 2.84. The summed E-state index contributed by atoms with van der Waals surface area (Å²) in [6.45, 7) is 3.62. The van der Waals surface area contributed by atoms with Gasteiger partial charge in [0.25, 0.3) is 11.8 Å². The van der Waals surface area contributed by atoms with Crippen molar-refractivity contribution < 1.29 is 9.59 Å². The van der Waals surface area contributed by atoms with Crippen LogP contribution in [0.25, 0.3) is 0 Å². The Balaban J connectivity index is 1.75. The van der Waals surface area contributed by atoms with E-state index in [4.69, 9.17) is 23.2 Å². The molecule has 1 aliphatic heterocycles. The highest BCUT2D eigenvalue weighted by Crippen LogP contribution is 2.29. The number of amides is 2. The molecule has 0 aliphatic carbocycles. The third kappa shape index (κ3) is 4.17. The van der Waals surface area contributed by atoms with Gasteiger partial charge in [0.1, 0.15) is 11.4 Å². The molecule has 2 heterocycles. The van der Waals surface area contributed by atoms with E-state index in [-0.39, 0.29) is 22.3 Å². The smallest absolute Gasteiger partial charge is 0.274 e. The molecule has 5 nitrogen and oxygen atoms in total. The lowest BCUT2D eigenvalue weighted by atomic mass is 9.99. The normalized spacial score (nSPS) is 15.0. The first-order chi connectivity index (χ1) is 12.5. The van der Waals surface area contributed by atoms with E-state index in [0.717, 1.165) is 25.9 Å². The van der Waals surface area contributed by atoms with E-state index in [0.29, 0.717) is 16.6 Å². The standard InChI is InChI=1S/C19H19Cl2N3O2/c1-12-8-10-24(11-9-12)19(26)16-7-3-6-15(22-16)18(25)23-14-5-2-4-13(20)17(14)21/h2-7,12H,8-11H2,1H3,(H,23,25). The van der Waals surface area contributed by atoms with E-state index < -0.39 is 5.91 Å². The number of benzene rings is 1. The van der Waals surface area contributed by atoms with Crippen LogP contribution < -0.4 is 5.32 Å². The molecule has 1 fully saturated rings. The van der Waals surface area contributed by atoms with Gasteiger partial charge in [-0.05, 0) is 43.0 Å². The second-order valence-electron chi connectivity index (χ2n) is 6.44. The van der Waals surface area contributed by atoms with Crippen molar-refractivity contribution in [2.75, 3.05) is 18.4 Å². The lowest BCUT2D eigenvalue weighted by molar-refractivity contribution is 0.0691. The van der Waals surface area contributed by atoms with Gasteiger partial charge in [0.05, 0.1) is 15.7 Å². The van der Waals surface area contributed by atoms with Crippen LogP contribution in [0.5, 0.6) is 0 Å². The van der Waals surface area contributed by atoms with Gasteiger partial charge >= 0.3 is 0 Å². The molecule has 2 aromatic rings. The number of likely N-dealkylation sites (tertiary alicyclic amines) is 1. The molecule has 26 heavy (non-hydrogen) atoms. The molecule has 1 aromatic carbocycles. The molecule has 0 saturated carbocycles. The molecule has 1 aliphatic rings. The number of aromatic nitrogens is 1. The zero-order valence-electron chi connectivity index (χ0n) is 14.3. The molecule has 0 atom stereocenters. The average molecular weight is 392 g/mol. The van der Waals surface area contributed by atoms with Crippen molar-refractivity contribution in [3.05, 3.63) is 57.8 Å². The number of hydrogen-bond acceptors (Lipinski definition) is 3. The van der Waals surface area contributed by atoms with Crippen molar-refractivity contribution in [2.45, 2.75) is 19.8 Å². The van der Waals surface area contributed by atoms with Gasteiger partial charge in [-0.1, -0.05) is 42.3 Å². The van der Waals surface area contributed by atoms with Gasteiger partial charge in [0.15, 0.2) is 0 Å². The number of nitrogens with zero attached hydrogens (tertiary/aromatic N) is 2. The maximum absolute atomic E-state index is 12.6. The van der Waals surface area contributed by atoms with Crippen molar-refractivity contribution in [1.29, 1.82) is 0 Å². The van der Waals surface area contributed by atoms with Crippen molar-refractivity contribution in [3.63, 3.8) is 0 Å². The largest absolute Gasteiger partial charge is 0.337 e. The first kappa shape index (κ1) is 18.7. The van der Waals surface area contributed by atoms with Crippen molar-refractivity contribution >= 4 is 40.7 Å². The average Bonchev–Trinajstić information content (AvgIpc) is 2.65. The predicted molar refractivity (Wildman–Crippen MR) is 103 cm³/mol. The molecule has 0 bridgehead atoms. The summed E-state index contributed by atoms with van der Waals surface area (Å²) in [6, 6.07) is 9.81. The minimum atomic E-state index is -0.448. The minimum Gasteiger partial charge on any atom is -0.337 e. The molecule has 1 aromatic heterocycles. The quantitative estimate of drug-likeness (QED) is 0.836. The Morgan fingerprint density at radius 2 is 1.73 bits per heavy atom. The number of carbonyl (C=O) groups is 2. The van der Waals surface area contributed by atoms with E-state index in [1.165, 1.54) is 0 Å². The van der Waals surface area contributed by atoms with Gasteiger partial charge < -0.3 is 10.2 Å². The molecule has 0 spiro atoms. The van der Waals surface area contributed by atoms with E-state index in [9.17, 15) is 9.59 Å². The first-order valence-electron chi connectivity index (χ1n) is 8.47. The maximum atomic E-state index is 12.6. The van der Waals surface area contributed by atoms with E-state index >= 15 is 0 Å². The van der Waals surface area contributed by atoms with Gasteiger partial charge in [-0.2, -0.15) is 0 Å². The van der Waals surface area contributed by atoms with Gasteiger partial charge in [-0.25, -0.2) is 4.98 Å². The summed E-state index contributed by atoms with van der Waals surface area (Å²) in [5.41, 5.74) is 0.814. The Kier molecular flexibility index (Phi) is 5.79. The summed E-state index contributed by atoms with van der Waals surface area (Å²) in [4.78, 5) is 31.1. The fourth-order valence-corrected chi connectivity index (χ4v) is 3.19. The zero-order chi connectivity index (χ0) is 18.7. The number of nitrogens with one attached hydrogen (secondary N) is 1. The summed E-state index contributed by atoms with van der Waals surface area (Å²) in [5, 5.41) is 3.29. The third-order valence-corrected chi connectivity index (χ3v) is 5.29. The van der Waals surface area contributed by atoms with Gasteiger partial charge in [-0.3, -0.25) is 9.59 Å². The Morgan fingerprint density at radius 1 is 1.08 bits per heavy atom. The van der Waals surface area contributed by atoms with Crippen LogP contribution in [0.3, 0.4) is 0 Å². The van der Waals surface area contributed by atoms with Crippen LogP contribution in [0, 0.1) is 5.92 Å². The number of piperidine rings is 1. The summed E-state index contributed by atoms with van der Waals surface area (Å²) in [6.07, 6.45) is 1.97. The van der Waals surface area contributed by atoms with Gasteiger partial charge in [0.2, 0.25) is 0 Å². The molecule has 7 heteroatoms. The number of pyridine rings is 1. The van der Waals surface area contributed by atoms with Crippen molar-refractivity contribution in [2.24, 2.45) is 5.92 Å². The summed E-state index contributed by atoms with van der Waals surface area (Å²) in [5.74, 6) is 0.0370. The lowest BCUT2D eigenvalue weighted by Crippen LogP contribution is -2.38. The third-order valence-electron chi connectivity index (χ3n) is 4.47. The van der Waals surface area contributed by atoms with Crippen LogP contribution in [0.4, 0.5) is 5.69 Å². The van der Waals surface area contributed by atoms with E-state index in [1.54, 1.807) is 41.3 Å². The highest BCUT2D eigenvalue weighted by Gasteiger charge is 2.23. The van der Waals surface area contributed by atoms with Crippen LogP contribution >= 0.6 is 23.2 Å². The van der Waals surface area contributed by atoms with Crippen molar-refractivity contribution in [3.8, 4) is 0 Å². The van der Waals surface area contributed by atoms with Crippen LogP contribution in [-0.4, -0.2) is 34.8 Å². The second kappa shape index (κ2) is 8.06. The molecule has 2 amide bonds. The summed E-state index contributed by atoms with van der Waals surface area (Å²) < 4.78 is 0. The van der Waals surface area contributed by atoms with Crippen LogP contribution in [0.15, 0.2) is 36.4 Å². The van der Waals surface area contributed by atoms with Crippen LogP contribution in [-0.2, 0) is 0 Å². The van der Waals surface area contributed by atoms with Gasteiger partial charge in [0, 0.05) is 13.1 Å². The predicted octanol–water partition coefficient (Wildman–Crippen LogP) is 4.51. The number of halogens is 2. The van der Waals surface area contributed by atoms with Crippen molar-refractivity contribution in [1.82, 2.24) is 9.88 Å². The fraction of sp³-hybridized carbons (Fsp3) is 0.316. The second-order valence-corrected chi connectivity index (χ2v) is 7.22. The lowest BCUT2D eigenvalue weighted by Gasteiger charge is -2.30. The molecule has 136 valence electrons. The van der Waals surface area contributed by atoms with Gasteiger partial charge in [-0.15, -0.1) is 0 Å². The molecule has 3 rings (SSSR count). The van der Waals surface area contributed by atoms with E-state index in [1.807, 2.05) is 0 Å². The SMILES string of the molecule is CC1CCN(C(=O)c2cccc(C(=O)Nc3cccc(Cl)c3Cl)n2)CC1. The minimum absolute atomic E-state index is 0.146. The highest BCUT2D eigenvalue weighted by molar-refractivity contribution is 6.44. The Labute approximate surface area is 162 Å². The Morgan fingerprint density at radius 3 is 2.46 bits per heavy atom. The molecule has 1 saturated heterocycles. The summed E-state index contributed by atoms with van der Waals surface area (Å²) >= 11 is 12.0. The number of rotatable bonds is 3. The first-order valence-corrected chi connectivity index (χ1v) is 9.23. The van der Waals surface area contributed by atoms with E-state index in [2.05, 4.69) is 17.2 Å². The highest BCUT2D eigenvalue weighted by atomic mass is 35.5. The molecule has 1 N–H and O–H groups in total. The number of hydrogen-bond donors (Lipinski definition) is 1. The monoisotopic (exact) mass is 391 g/mol. The Bertz CT molecular complexity index is 833. The van der Waals surface area contributed by atoms with Crippen LogP contribution in [0.2, 0.25) is 10.0 Å². The number of anilines is 1. The summed E-state index contributed by atoms with van der Waals surface area (Å²) in [7, 11) is 0. The maximum Gasteiger partial charge on any atom is 0.274 e. The molecule has 0 radical (unpaired) electrons.